The van der Waals surface area contributed by atoms with E-state index in [0.717, 1.165) is 6.07 Å². The fourth-order valence-corrected chi connectivity index (χ4v) is 4.99. The monoisotopic (exact) mass is 565 g/mol. The molecule has 0 fully saturated rings. The normalized spacial score (nSPS) is 11.2. The molecular formula is C33H22F3N3O3. The second-order valence-corrected chi connectivity index (χ2v) is 9.89. The van der Waals surface area contributed by atoms with Gasteiger partial charge in [0.25, 0.3) is 5.91 Å². The predicted molar refractivity (Wildman–Crippen MR) is 153 cm³/mol. The average Bonchev–Trinajstić information content (AvgIpc) is 3.37. The standard InChI is InChI=1S/C33H22F3N3O3/c34-25-6-8-30-21(12-25)5-7-28(38-30)18-39-10-9-22-11-23(24-13-26(35)16-27(36)14-24)15-29(31(22)39)32(40)37-17-19-1-3-20(4-2-19)33(41)42/h1-16H,17-18H2,(H,37,40)(H,41,42). The van der Waals surface area contributed by atoms with Crippen LogP contribution < -0.4 is 5.32 Å². The molecule has 1 amide bonds. The minimum Gasteiger partial charge on any atom is -0.478 e. The first-order valence-corrected chi connectivity index (χ1v) is 13.0. The number of hydrogen-bond acceptors (Lipinski definition) is 3. The van der Waals surface area contributed by atoms with E-state index in [2.05, 4.69) is 10.3 Å². The van der Waals surface area contributed by atoms with Crippen molar-refractivity contribution in [2.75, 3.05) is 0 Å². The molecule has 0 unspecified atom stereocenters. The molecular weight excluding hydrogens is 543 g/mol. The summed E-state index contributed by atoms with van der Waals surface area (Å²) in [5, 5.41) is 13.3. The molecule has 42 heavy (non-hydrogen) atoms. The number of carboxylic acid groups (broad SMARTS) is 1. The molecule has 6 rings (SSSR count). The van der Waals surface area contributed by atoms with Gasteiger partial charge >= 0.3 is 5.97 Å². The highest BCUT2D eigenvalue weighted by atomic mass is 19.1. The fourth-order valence-electron chi connectivity index (χ4n) is 4.99. The lowest BCUT2D eigenvalue weighted by atomic mass is 9.99. The predicted octanol–water partition coefficient (Wildman–Crippen LogP) is 6.95. The number of carboxylic acids is 1. The van der Waals surface area contributed by atoms with E-state index in [1.807, 2.05) is 10.6 Å². The highest BCUT2D eigenvalue weighted by Crippen LogP contribution is 2.30. The number of halogens is 3. The largest absolute Gasteiger partial charge is 0.478 e. The van der Waals surface area contributed by atoms with Crippen LogP contribution in [0.1, 0.15) is 32.0 Å². The number of nitrogens with zero attached hydrogens (tertiary/aromatic N) is 2. The van der Waals surface area contributed by atoms with Gasteiger partial charge in [-0.15, -0.1) is 0 Å². The Hall–Kier alpha value is -5.44. The van der Waals surface area contributed by atoms with Gasteiger partial charge in [-0.3, -0.25) is 9.78 Å². The summed E-state index contributed by atoms with van der Waals surface area (Å²) in [5.41, 5.74) is 3.76. The van der Waals surface area contributed by atoms with Crippen molar-refractivity contribution in [3.8, 4) is 11.1 Å². The number of rotatable bonds is 7. The molecule has 0 aliphatic heterocycles. The molecule has 0 atom stereocenters. The van der Waals surface area contributed by atoms with Crippen molar-refractivity contribution >= 4 is 33.7 Å². The number of fused-ring (bicyclic) bond motifs is 2. The van der Waals surface area contributed by atoms with Crippen LogP contribution in [-0.2, 0) is 13.1 Å². The molecule has 0 saturated heterocycles. The van der Waals surface area contributed by atoms with Gasteiger partial charge in [0.15, 0.2) is 0 Å². The Balaban J connectivity index is 1.39. The summed E-state index contributed by atoms with van der Waals surface area (Å²) in [6, 6.07) is 22.4. The van der Waals surface area contributed by atoms with E-state index in [4.69, 9.17) is 5.11 Å². The first-order chi connectivity index (χ1) is 20.2. The lowest BCUT2D eigenvalue weighted by Crippen LogP contribution is -2.23. The van der Waals surface area contributed by atoms with Crippen LogP contribution in [0.5, 0.6) is 0 Å². The number of pyridine rings is 1. The molecule has 2 aromatic heterocycles. The zero-order valence-corrected chi connectivity index (χ0v) is 21.9. The molecule has 0 saturated carbocycles. The van der Waals surface area contributed by atoms with Gasteiger partial charge in [0.2, 0.25) is 0 Å². The molecule has 208 valence electrons. The van der Waals surface area contributed by atoms with E-state index in [1.54, 1.807) is 48.7 Å². The molecule has 0 spiro atoms. The molecule has 4 aromatic carbocycles. The minimum absolute atomic E-state index is 0.128. The zero-order valence-electron chi connectivity index (χ0n) is 21.9. The second-order valence-electron chi connectivity index (χ2n) is 9.89. The van der Waals surface area contributed by atoms with E-state index in [1.165, 1.54) is 36.4 Å². The van der Waals surface area contributed by atoms with Crippen LogP contribution >= 0.6 is 0 Å². The number of nitrogens with one attached hydrogen (secondary N) is 1. The third kappa shape index (κ3) is 5.44. The highest BCUT2D eigenvalue weighted by molar-refractivity contribution is 6.08. The molecule has 6 nitrogen and oxygen atoms in total. The Labute approximate surface area is 237 Å². The smallest absolute Gasteiger partial charge is 0.335 e. The van der Waals surface area contributed by atoms with E-state index in [0.29, 0.717) is 45.2 Å². The summed E-state index contributed by atoms with van der Waals surface area (Å²) in [6.45, 7) is 0.435. The maximum atomic E-state index is 14.1. The summed E-state index contributed by atoms with van der Waals surface area (Å²) in [7, 11) is 0. The Morgan fingerprint density at radius 1 is 0.762 bits per heavy atom. The van der Waals surface area contributed by atoms with Crippen LogP contribution in [0.4, 0.5) is 13.2 Å². The number of amides is 1. The topological polar surface area (TPSA) is 84.2 Å². The van der Waals surface area contributed by atoms with Gasteiger partial charge in [-0.2, -0.15) is 0 Å². The summed E-state index contributed by atoms with van der Waals surface area (Å²) < 4.78 is 43.6. The molecule has 2 heterocycles. The van der Waals surface area contributed by atoms with Gasteiger partial charge in [0, 0.05) is 29.6 Å². The van der Waals surface area contributed by atoms with Crippen molar-refractivity contribution in [2.45, 2.75) is 13.1 Å². The number of carbonyl (C=O) groups excluding carboxylic acids is 1. The number of aromatic nitrogens is 2. The van der Waals surface area contributed by atoms with Crippen molar-refractivity contribution in [2.24, 2.45) is 0 Å². The van der Waals surface area contributed by atoms with E-state index in [-0.39, 0.29) is 29.1 Å². The van der Waals surface area contributed by atoms with Crippen LogP contribution in [0.15, 0.2) is 97.2 Å². The number of hydrogen-bond donors (Lipinski definition) is 2. The Morgan fingerprint density at radius 2 is 1.50 bits per heavy atom. The van der Waals surface area contributed by atoms with Crippen molar-refractivity contribution < 1.29 is 27.9 Å². The Morgan fingerprint density at radius 3 is 2.24 bits per heavy atom. The highest BCUT2D eigenvalue weighted by Gasteiger charge is 2.18. The number of benzene rings is 4. The third-order valence-electron chi connectivity index (χ3n) is 7.00. The molecule has 0 radical (unpaired) electrons. The molecule has 9 heteroatoms. The van der Waals surface area contributed by atoms with E-state index < -0.39 is 23.5 Å². The Kier molecular flexibility index (Phi) is 6.92. The first-order valence-electron chi connectivity index (χ1n) is 13.0. The summed E-state index contributed by atoms with van der Waals surface area (Å²) in [5.74, 6) is -3.30. The van der Waals surface area contributed by atoms with Crippen molar-refractivity contribution in [1.82, 2.24) is 14.9 Å². The number of aromatic carboxylic acids is 1. The van der Waals surface area contributed by atoms with Gasteiger partial charge in [0.05, 0.1) is 34.4 Å². The minimum atomic E-state index is -1.05. The van der Waals surface area contributed by atoms with Crippen LogP contribution in [0.3, 0.4) is 0 Å². The fraction of sp³-hybridized carbons (Fsp3) is 0.0606. The van der Waals surface area contributed by atoms with Crippen LogP contribution in [0.2, 0.25) is 0 Å². The molecule has 0 aliphatic carbocycles. The summed E-state index contributed by atoms with van der Waals surface area (Å²) in [6.07, 6.45) is 1.80. The lowest BCUT2D eigenvalue weighted by molar-refractivity contribution is 0.0696. The maximum Gasteiger partial charge on any atom is 0.335 e. The van der Waals surface area contributed by atoms with Crippen LogP contribution in [0, 0.1) is 17.5 Å². The summed E-state index contributed by atoms with van der Waals surface area (Å²) in [4.78, 5) is 29.4. The van der Waals surface area contributed by atoms with E-state index in [9.17, 15) is 22.8 Å². The third-order valence-corrected chi connectivity index (χ3v) is 7.00. The molecule has 0 bridgehead atoms. The van der Waals surface area contributed by atoms with Crippen molar-refractivity contribution in [3.63, 3.8) is 0 Å². The zero-order chi connectivity index (χ0) is 29.4. The van der Waals surface area contributed by atoms with Crippen molar-refractivity contribution in [3.05, 3.63) is 137 Å². The van der Waals surface area contributed by atoms with Crippen LogP contribution in [0.25, 0.3) is 32.9 Å². The number of carbonyl (C=O) groups is 2. The quantitative estimate of drug-likeness (QED) is 0.219. The van der Waals surface area contributed by atoms with Gasteiger partial charge < -0.3 is 15.0 Å². The van der Waals surface area contributed by atoms with Crippen LogP contribution in [-0.4, -0.2) is 26.5 Å². The van der Waals surface area contributed by atoms with Gasteiger partial charge in [-0.25, -0.2) is 18.0 Å². The van der Waals surface area contributed by atoms with E-state index >= 15 is 0 Å². The molecule has 6 aromatic rings. The average molecular weight is 566 g/mol. The molecule has 0 aliphatic rings. The summed E-state index contributed by atoms with van der Waals surface area (Å²) >= 11 is 0. The lowest BCUT2D eigenvalue weighted by Gasteiger charge is -2.13. The Bertz CT molecular complexity index is 1980. The first kappa shape index (κ1) is 26.8. The van der Waals surface area contributed by atoms with Gasteiger partial charge in [-0.05, 0) is 83.4 Å². The van der Waals surface area contributed by atoms with Gasteiger partial charge in [0.1, 0.15) is 17.5 Å². The van der Waals surface area contributed by atoms with Gasteiger partial charge in [-0.1, -0.05) is 18.2 Å². The molecule has 2 N–H and O–H groups in total. The van der Waals surface area contributed by atoms with Crippen molar-refractivity contribution in [1.29, 1.82) is 0 Å². The second kappa shape index (κ2) is 10.9. The SMILES string of the molecule is O=C(O)c1ccc(CNC(=O)c2cc(-c3cc(F)cc(F)c3)cc3ccn(Cc4ccc5cc(F)ccc5n4)c23)cc1. The maximum absolute atomic E-state index is 14.1.